The van der Waals surface area contributed by atoms with Crippen LogP contribution < -0.4 is 9.26 Å². The van der Waals surface area contributed by atoms with Gasteiger partial charge in [0.05, 0.1) is 32.0 Å². The van der Waals surface area contributed by atoms with Gasteiger partial charge in [-0.1, -0.05) is 0 Å². The number of hydrogen-bond acceptors (Lipinski definition) is 6. The third kappa shape index (κ3) is 4.25. The molecule has 1 aromatic carbocycles. The van der Waals surface area contributed by atoms with E-state index in [4.69, 9.17) is 23.6 Å². The molecule has 1 rings (SSSR count). The third-order valence-corrected chi connectivity index (χ3v) is 3.65. The van der Waals surface area contributed by atoms with Crippen molar-refractivity contribution < 1.29 is 22.9 Å². The first-order valence-corrected chi connectivity index (χ1v) is 7.21. The van der Waals surface area contributed by atoms with Gasteiger partial charge in [-0.2, -0.15) is 5.26 Å². The zero-order valence-corrected chi connectivity index (χ0v) is 12.0. The SMILES string of the molecule is CCOP(=O)(OCC)Oc1ccc(C#N)cc1OC. The minimum absolute atomic E-state index is 0.190. The van der Waals surface area contributed by atoms with Crippen LogP contribution in [0.4, 0.5) is 0 Å². The summed E-state index contributed by atoms with van der Waals surface area (Å²) >= 11 is 0. The fourth-order valence-corrected chi connectivity index (χ4v) is 2.54. The molecule has 0 aliphatic carbocycles. The van der Waals surface area contributed by atoms with Gasteiger partial charge in [0.25, 0.3) is 0 Å². The summed E-state index contributed by atoms with van der Waals surface area (Å²) in [5.41, 5.74) is 0.409. The molecule has 0 radical (unpaired) electrons. The van der Waals surface area contributed by atoms with E-state index in [0.29, 0.717) is 11.3 Å². The van der Waals surface area contributed by atoms with Crippen LogP contribution in [0.1, 0.15) is 19.4 Å². The van der Waals surface area contributed by atoms with Gasteiger partial charge in [0, 0.05) is 6.07 Å². The van der Waals surface area contributed by atoms with Crippen LogP contribution in [0.2, 0.25) is 0 Å². The van der Waals surface area contributed by atoms with Crippen LogP contribution >= 0.6 is 7.82 Å². The summed E-state index contributed by atoms with van der Waals surface area (Å²) in [6.45, 7) is 3.75. The predicted molar refractivity (Wildman–Crippen MR) is 69.2 cm³/mol. The summed E-state index contributed by atoms with van der Waals surface area (Å²) in [6.07, 6.45) is 0. The summed E-state index contributed by atoms with van der Waals surface area (Å²) < 4.78 is 32.6. The van der Waals surface area contributed by atoms with Gasteiger partial charge < -0.3 is 9.26 Å². The molecule has 0 aromatic heterocycles. The minimum Gasteiger partial charge on any atom is -0.493 e. The lowest BCUT2D eigenvalue weighted by Gasteiger charge is -2.18. The Balaban J connectivity index is 3.03. The zero-order valence-electron chi connectivity index (χ0n) is 11.1. The molecular formula is C12H16NO5P. The molecule has 0 heterocycles. The maximum Gasteiger partial charge on any atom is 0.530 e. The summed E-state index contributed by atoms with van der Waals surface area (Å²) in [5.74, 6) is 0.491. The van der Waals surface area contributed by atoms with Gasteiger partial charge in [-0.25, -0.2) is 4.57 Å². The van der Waals surface area contributed by atoms with Gasteiger partial charge in [-0.3, -0.25) is 9.05 Å². The third-order valence-electron chi connectivity index (χ3n) is 2.08. The van der Waals surface area contributed by atoms with E-state index in [1.165, 1.54) is 25.3 Å². The number of phosphoric acid groups is 1. The summed E-state index contributed by atoms with van der Waals surface area (Å²) in [4.78, 5) is 0. The second kappa shape index (κ2) is 7.15. The molecule has 0 amide bonds. The van der Waals surface area contributed by atoms with Crippen LogP contribution in [0.25, 0.3) is 0 Å². The van der Waals surface area contributed by atoms with Gasteiger partial charge >= 0.3 is 7.82 Å². The van der Waals surface area contributed by atoms with Crippen molar-refractivity contribution in [3.63, 3.8) is 0 Å². The van der Waals surface area contributed by atoms with Crippen LogP contribution in [0.15, 0.2) is 18.2 Å². The summed E-state index contributed by atoms with van der Waals surface area (Å²) in [7, 11) is -2.24. The molecule has 0 saturated carbocycles. The van der Waals surface area contributed by atoms with E-state index in [0.717, 1.165) is 0 Å². The quantitative estimate of drug-likeness (QED) is 0.716. The first-order chi connectivity index (χ1) is 9.08. The topological polar surface area (TPSA) is 77.8 Å². The van der Waals surface area contributed by atoms with Gasteiger partial charge in [-0.05, 0) is 26.0 Å². The number of rotatable bonds is 7. The Morgan fingerprint density at radius 3 is 2.32 bits per heavy atom. The van der Waals surface area contributed by atoms with Crippen LogP contribution in [0.3, 0.4) is 0 Å². The van der Waals surface area contributed by atoms with Crippen LogP contribution in [-0.4, -0.2) is 20.3 Å². The molecule has 0 atom stereocenters. The number of nitrogens with zero attached hydrogens (tertiary/aromatic N) is 1. The van der Waals surface area contributed by atoms with Crippen LogP contribution in [-0.2, 0) is 13.6 Å². The zero-order chi connectivity index (χ0) is 14.3. The first-order valence-electron chi connectivity index (χ1n) is 5.75. The van der Waals surface area contributed by atoms with E-state index in [1.54, 1.807) is 13.8 Å². The highest BCUT2D eigenvalue weighted by Gasteiger charge is 2.28. The number of nitriles is 1. The monoisotopic (exact) mass is 285 g/mol. The van der Waals surface area contributed by atoms with Crippen molar-refractivity contribution in [3.8, 4) is 17.6 Å². The predicted octanol–water partition coefficient (Wildman–Crippen LogP) is 3.13. The average molecular weight is 285 g/mol. The highest BCUT2D eigenvalue weighted by molar-refractivity contribution is 7.48. The molecule has 0 aliphatic heterocycles. The van der Waals surface area contributed by atoms with Gasteiger partial charge in [0.2, 0.25) is 0 Å². The van der Waals surface area contributed by atoms with Crippen molar-refractivity contribution in [2.24, 2.45) is 0 Å². The molecule has 6 nitrogen and oxygen atoms in total. The summed E-state index contributed by atoms with van der Waals surface area (Å²) in [6, 6.07) is 6.47. The first kappa shape index (κ1) is 15.5. The molecule has 19 heavy (non-hydrogen) atoms. The molecule has 0 N–H and O–H groups in total. The number of ether oxygens (including phenoxy) is 1. The van der Waals surface area contributed by atoms with Gasteiger partial charge in [0.1, 0.15) is 0 Å². The van der Waals surface area contributed by atoms with Crippen molar-refractivity contribution in [1.29, 1.82) is 5.26 Å². The molecule has 104 valence electrons. The van der Waals surface area contributed by atoms with Gasteiger partial charge in [0.15, 0.2) is 11.5 Å². The van der Waals surface area contributed by atoms with Crippen molar-refractivity contribution in [3.05, 3.63) is 23.8 Å². The van der Waals surface area contributed by atoms with Crippen molar-refractivity contribution in [2.75, 3.05) is 20.3 Å². The second-order valence-electron chi connectivity index (χ2n) is 3.35. The minimum atomic E-state index is -3.67. The smallest absolute Gasteiger partial charge is 0.493 e. The highest BCUT2D eigenvalue weighted by Crippen LogP contribution is 2.51. The number of phosphoric ester groups is 1. The van der Waals surface area contributed by atoms with E-state index < -0.39 is 7.82 Å². The molecule has 0 aliphatic rings. The van der Waals surface area contributed by atoms with E-state index in [9.17, 15) is 4.57 Å². The second-order valence-corrected chi connectivity index (χ2v) is 4.94. The van der Waals surface area contributed by atoms with Crippen molar-refractivity contribution in [2.45, 2.75) is 13.8 Å². The fraction of sp³-hybridized carbons (Fsp3) is 0.417. The van der Waals surface area contributed by atoms with Crippen LogP contribution in [0.5, 0.6) is 11.5 Å². The number of methoxy groups -OCH3 is 1. The summed E-state index contributed by atoms with van der Waals surface area (Å²) in [5, 5.41) is 8.80. The normalized spacial score (nSPS) is 10.8. The van der Waals surface area contributed by atoms with Crippen LogP contribution in [0, 0.1) is 11.3 Å². The molecule has 0 unspecified atom stereocenters. The molecule has 7 heteroatoms. The molecule has 0 saturated heterocycles. The van der Waals surface area contributed by atoms with E-state index >= 15 is 0 Å². The molecule has 0 spiro atoms. The van der Waals surface area contributed by atoms with E-state index in [-0.39, 0.29) is 19.0 Å². The Morgan fingerprint density at radius 2 is 1.84 bits per heavy atom. The fourth-order valence-electron chi connectivity index (χ4n) is 1.34. The van der Waals surface area contributed by atoms with Gasteiger partial charge in [-0.15, -0.1) is 0 Å². The lowest BCUT2D eigenvalue weighted by molar-refractivity contribution is 0.166. The Hall–Kier alpha value is -1.54. The maximum absolute atomic E-state index is 12.2. The van der Waals surface area contributed by atoms with Crippen molar-refractivity contribution in [1.82, 2.24) is 0 Å². The molecule has 1 aromatic rings. The standard InChI is InChI=1S/C12H16NO5P/c1-4-16-19(14,17-5-2)18-11-7-6-10(9-13)8-12(11)15-3/h6-8H,4-5H2,1-3H3. The Bertz CT molecular complexity index is 501. The molecule has 0 bridgehead atoms. The lowest BCUT2D eigenvalue weighted by atomic mass is 10.2. The highest BCUT2D eigenvalue weighted by atomic mass is 31.2. The number of hydrogen-bond donors (Lipinski definition) is 0. The Labute approximate surface area is 112 Å². The Morgan fingerprint density at radius 1 is 1.21 bits per heavy atom. The Kier molecular flexibility index (Phi) is 5.84. The number of benzene rings is 1. The largest absolute Gasteiger partial charge is 0.530 e. The maximum atomic E-state index is 12.2. The lowest BCUT2D eigenvalue weighted by Crippen LogP contribution is -2.03. The molecule has 0 fully saturated rings. The van der Waals surface area contributed by atoms with Crippen molar-refractivity contribution >= 4 is 7.82 Å². The van der Waals surface area contributed by atoms with E-state index in [2.05, 4.69) is 0 Å². The van der Waals surface area contributed by atoms with E-state index in [1.807, 2.05) is 6.07 Å². The average Bonchev–Trinajstić information content (AvgIpc) is 2.39. The molecular weight excluding hydrogens is 269 g/mol.